The molecule has 0 N–H and O–H groups in total. The van der Waals surface area contributed by atoms with Crippen LogP contribution in [-0.4, -0.2) is 0 Å². The van der Waals surface area contributed by atoms with E-state index in [4.69, 9.17) is 5.26 Å². The zero-order valence-corrected chi connectivity index (χ0v) is 11.0. The summed E-state index contributed by atoms with van der Waals surface area (Å²) in [6.07, 6.45) is 3.44. The van der Waals surface area contributed by atoms with Crippen molar-refractivity contribution >= 4 is 0 Å². The van der Waals surface area contributed by atoms with Crippen LogP contribution in [0.4, 0.5) is 0 Å². The average molecular weight is 217 g/mol. The number of hydrogen-bond acceptors (Lipinski definition) is 1. The van der Waals surface area contributed by atoms with E-state index in [1.807, 2.05) is 32.0 Å². The fourth-order valence-corrected chi connectivity index (χ4v) is 1.55. The summed E-state index contributed by atoms with van der Waals surface area (Å²) in [5.41, 5.74) is 2.02. The summed E-state index contributed by atoms with van der Waals surface area (Å²) in [5.74, 6) is 0.754. The molecule has 0 spiro atoms. The number of aryl methyl sites for hydroxylation is 1. The maximum Gasteiger partial charge on any atom is 0.0994 e. The molecule has 0 aliphatic carbocycles. The summed E-state index contributed by atoms with van der Waals surface area (Å²) in [6.45, 7) is 8.46. The monoisotopic (exact) mass is 217 g/mol. The van der Waals surface area contributed by atoms with E-state index in [0.717, 1.165) is 17.9 Å². The van der Waals surface area contributed by atoms with Crippen LogP contribution in [0.1, 0.15) is 51.7 Å². The Morgan fingerprint density at radius 1 is 1.19 bits per heavy atom. The van der Waals surface area contributed by atoms with Gasteiger partial charge in [-0.15, -0.1) is 0 Å². The largest absolute Gasteiger partial charge is 0.192 e. The van der Waals surface area contributed by atoms with Crippen LogP contribution in [0.3, 0.4) is 0 Å². The van der Waals surface area contributed by atoms with E-state index in [9.17, 15) is 0 Å². The van der Waals surface area contributed by atoms with E-state index in [1.165, 1.54) is 18.4 Å². The maximum atomic E-state index is 8.88. The van der Waals surface area contributed by atoms with Crippen molar-refractivity contribution in [2.24, 2.45) is 5.92 Å². The van der Waals surface area contributed by atoms with Gasteiger partial charge in [-0.3, -0.25) is 0 Å². The predicted octanol–water partition coefficient (Wildman–Crippen LogP) is 4.56. The van der Waals surface area contributed by atoms with Crippen LogP contribution < -0.4 is 0 Å². The van der Waals surface area contributed by atoms with Gasteiger partial charge in [-0.2, -0.15) is 5.26 Å². The van der Waals surface area contributed by atoms with Gasteiger partial charge in [0.1, 0.15) is 0 Å². The number of hydrogen-bond donors (Lipinski definition) is 0. The highest BCUT2D eigenvalue weighted by Crippen LogP contribution is 2.13. The molecule has 0 bridgehead atoms. The van der Waals surface area contributed by atoms with Gasteiger partial charge in [0.05, 0.1) is 11.6 Å². The molecule has 0 unspecified atom stereocenters. The van der Waals surface area contributed by atoms with Crippen LogP contribution in [0.5, 0.6) is 0 Å². The number of nitrogens with zero attached hydrogens (tertiary/aromatic N) is 1. The Labute approximate surface area is 100 Å². The first-order valence-corrected chi connectivity index (χ1v) is 6.22. The second kappa shape index (κ2) is 8.97. The van der Waals surface area contributed by atoms with Crippen molar-refractivity contribution in [3.8, 4) is 6.07 Å². The summed E-state index contributed by atoms with van der Waals surface area (Å²) in [6, 6.07) is 10.1. The molecule has 0 aliphatic rings. The zero-order chi connectivity index (χ0) is 12.4. The highest BCUT2D eigenvalue weighted by Gasteiger charge is 2.01. The van der Waals surface area contributed by atoms with Crippen LogP contribution in [0, 0.1) is 17.2 Å². The molecule has 88 valence electrons. The highest BCUT2D eigenvalue weighted by molar-refractivity contribution is 5.37. The molecular formula is C15H23N. The van der Waals surface area contributed by atoms with E-state index in [-0.39, 0.29) is 0 Å². The van der Waals surface area contributed by atoms with Crippen molar-refractivity contribution in [2.75, 3.05) is 0 Å². The lowest BCUT2D eigenvalue weighted by molar-refractivity contribution is 0.555. The lowest BCUT2D eigenvalue weighted by Crippen LogP contribution is -1.93. The fourth-order valence-electron chi connectivity index (χ4n) is 1.55. The number of benzene rings is 1. The summed E-state index contributed by atoms with van der Waals surface area (Å²) in [5, 5.41) is 8.88. The Kier molecular flexibility index (Phi) is 8.25. The van der Waals surface area contributed by atoms with E-state index in [1.54, 1.807) is 0 Å². The zero-order valence-electron chi connectivity index (χ0n) is 11.0. The van der Waals surface area contributed by atoms with E-state index >= 15 is 0 Å². The first-order valence-electron chi connectivity index (χ1n) is 6.22. The molecule has 0 atom stereocenters. The van der Waals surface area contributed by atoms with E-state index < -0.39 is 0 Å². The third-order valence-electron chi connectivity index (χ3n) is 2.37. The van der Waals surface area contributed by atoms with Crippen molar-refractivity contribution in [3.63, 3.8) is 0 Å². The van der Waals surface area contributed by atoms with Crippen molar-refractivity contribution in [1.29, 1.82) is 5.26 Å². The summed E-state index contributed by atoms with van der Waals surface area (Å²) in [4.78, 5) is 0. The molecule has 0 aliphatic heterocycles. The molecule has 1 aromatic rings. The quantitative estimate of drug-likeness (QED) is 0.725. The molecule has 0 radical (unpaired) electrons. The molecule has 1 nitrogen and oxygen atoms in total. The second-order valence-electron chi connectivity index (χ2n) is 4.06. The SMILES string of the molecule is CC.CC(C)CCCc1ccccc1C#N. The summed E-state index contributed by atoms with van der Waals surface area (Å²) in [7, 11) is 0. The molecule has 1 aromatic carbocycles. The Morgan fingerprint density at radius 3 is 2.38 bits per heavy atom. The molecule has 0 saturated heterocycles. The molecule has 1 rings (SSSR count). The molecule has 0 aromatic heterocycles. The topological polar surface area (TPSA) is 23.8 Å². The van der Waals surface area contributed by atoms with Gasteiger partial charge in [-0.05, 0) is 30.4 Å². The van der Waals surface area contributed by atoms with Crippen molar-refractivity contribution < 1.29 is 0 Å². The Bertz CT molecular complexity index is 320. The normalized spacial score (nSPS) is 9.25. The Morgan fingerprint density at radius 2 is 1.81 bits per heavy atom. The fraction of sp³-hybridized carbons (Fsp3) is 0.533. The minimum Gasteiger partial charge on any atom is -0.192 e. The minimum absolute atomic E-state index is 0.754. The molecule has 0 fully saturated rings. The van der Waals surface area contributed by atoms with Gasteiger partial charge in [0.2, 0.25) is 0 Å². The minimum atomic E-state index is 0.754. The molecule has 1 heteroatoms. The van der Waals surface area contributed by atoms with Crippen molar-refractivity contribution in [1.82, 2.24) is 0 Å². The van der Waals surface area contributed by atoms with Gasteiger partial charge in [0.15, 0.2) is 0 Å². The van der Waals surface area contributed by atoms with Gasteiger partial charge in [0.25, 0.3) is 0 Å². The highest BCUT2D eigenvalue weighted by atomic mass is 14.2. The molecular weight excluding hydrogens is 194 g/mol. The number of nitriles is 1. The van der Waals surface area contributed by atoms with Gasteiger partial charge < -0.3 is 0 Å². The van der Waals surface area contributed by atoms with Crippen molar-refractivity contribution in [3.05, 3.63) is 35.4 Å². The summed E-state index contributed by atoms with van der Waals surface area (Å²) >= 11 is 0. The van der Waals surface area contributed by atoms with Crippen LogP contribution in [0.2, 0.25) is 0 Å². The third-order valence-corrected chi connectivity index (χ3v) is 2.37. The molecule has 0 amide bonds. The number of rotatable bonds is 4. The maximum absolute atomic E-state index is 8.88. The average Bonchev–Trinajstić information content (AvgIpc) is 2.32. The molecule has 0 heterocycles. The van der Waals surface area contributed by atoms with Crippen molar-refractivity contribution in [2.45, 2.75) is 47.0 Å². The third kappa shape index (κ3) is 5.56. The van der Waals surface area contributed by atoms with Gasteiger partial charge in [-0.25, -0.2) is 0 Å². The van der Waals surface area contributed by atoms with Gasteiger partial charge >= 0.3 is 0 Å². The van der Waals surface area contributed by atoms with Gasteiger partial charge in [-0.1, -0.05) is 52.3 Å². The first kappa shape index (κ1) is 14.7. The van der Waals surface area contributed by atoms with Gasteiger partial charge in [0, 0.05) is 0 Å². The first-order chi connectivity index (χ1) is 7.74. The second-order valence-corrected chi connectivity index (χ2v) is 4.06. The lowest BCUT2D eigenvalue weighted by Gasteiger charge is -2.05. The predicted molar refractivity (Wildman–Crippen MR) is 70.3 cm³/mol. The molecule has 0 saturated carbocycles. The van der Waals surface area contributed by atoms with E-state index in [0.29, 0.717) is 0 Å². The Balaban J connectivity index is 0.00000106. The van der Waals surface area contributed by atoms with Crippen LogP contribution in [-0.2, 0) is 6.42 Å². The summed E-state index contributed by atoms with van der Waals surface area (Å²) < 4.78 is 0. The van der Waals surface area contributed by atoms with Crippen LogP contribution >= 0.6 is 0 Å². The Hall–Kier alpha value is -1.29. The molecule has 16 heavy (non-hydrogen) atoms. The van der Waals surface area contributed by atoms with E-state index in [2.05, 4.69) is 26.0 Å². The van der Waals surface area contributed by atoms with Crippen LogP contribution in [0.25, 0.3) is 0 Å². The van der Waals surface area contributed by atoms with Crippen LogP contribution in [0.15, 0.2) is 24.3 Å². The smallest absolute Gasteiger partial charge is 0.0994 e. The standard InChI is InChI=1S/C13H17N.C2H6/c1-11(2)6-5-9-12-7-3-4-8-13(12)10-14;1-2/h3-4,7-8,11H,5-6,9H2,1-2H3;1-2H3. The lowest BCUT2D eigenvalue weighted by atomic mass is 9.99.